The fraction of sp³-hybridized carbons (Fsp3) is 0.316. The second kappa shape index (κ2) is 6.92. The number of aliphatic hydroxyl groups is 1. The van der Waals surface area contributed by atoms with E-state index in [0.717, 1.165) is 26.7 Å². The van der Waals surface area contributed by atoms with Crippen molar-refractivity contribution in [3.05, 3.63) is 51.9 Å². The molecule has 0 radical (unpaired) electrons. The molecule has 0 bridgehead atoms. The van der Waals surface area contributed by atoms with Crippen LogP contribution in [0.3, 0.4) is 0 Å². The molecule has 1 aromatic heterocycles. The summed E-state index contributed by atoms with van der Waals surface area (Å²) in [5.74, 6) is -1.43. The van der Waals surface area contributed by atoms with E-state index in [2.05, 4.69) is 10.3 Å². The Morgan fingerprint density at radius 3 is 2.69 bits per heavy atom. The average Bonchev–Trinajstić information content (AvgIpc) is 3.08. The summed E-state index contributed by atoms with van der Waals surface area (Å²) < 4.78 is 0. The molecule has 0 aliphatic carbocycles. The highest BCUT2D eigenvalue weighted by molar-refractivity contribution is 7.15. The maximum atomic E-state index is 12.4. The van der Waals surface area contributed by atoms with E-state index >= 15 is 0 Å². The molecular weight excluding hydrogens is 350 g/mol. The molecule has 2 heterocycles. The molecule has 1 aliphatic rings. The number of likely N-dealkylation sites (N-methyl/N-ethyl adjacent to an activating group) is 1. The summed E-state index contributed by atoms with van der Waals surface area (Å²) >= 11 is 1.64. The second-order valence-corrected chi connectivity index (χ2v) is 7.66. The van der Waals surface area contributed by atoms with E-state index in [-0.39, 0.29) is 18.2 Å². The smallest absolute Gasteiger partial charge is 0.289 e. The first-order valence-electron chi connectivity index (χ1n) is 8.30. The lowest BCUT2D eigenvalue weighted by molar-refractivity contribution is -0.126. The van der Waals surface area contributed by atoms with Crippen LogP contribution < -0.4 is 5.32 Å². The number of hydrogen-bond acceptors (Lipinski definition) is 5. The first-order valence-corrected chi connectivity index (χ1v) is 9.12. The van der Waals surface area contributed by atoms with Crippen LogP contribution in [0.15, 0.2) is 35.6 Å². The Kier molecular flexibility index (Phi) is 4.82. The van der Waals surface area contributed by atoms with Crippen molar-refractivity contribution in [1.29, 1.82) is 0 Å². The minimum atomic E-state index is -0.527. The van der Waals surface area contributed by atoms with Gasteiger partial charge in [-0.15, -0.1) is 11.3 Å². The summed E-state index contributed by atoms with van der Waals surface area (Å²) in [7, 11) is 1.55. The molecule has 26 heavy (non-hydrogen) atoms. The summed E-state index contributed by atoms with van der Waals surface area (Å²) in [5, 5.41) is 13.7. The van der Waals surface area contributed by atoms with Gasteiger partial charge in [0.25, 0.3) is 11.8 Å². The van der Waals surface area contributed by atoms with Crippen molar-refractivity contribution in [2.75, 3.05) is 13.6 Å². The van der Waals surface area contributed by atoms with Crippen LogP contribution in [0.1, 0.15) is 29.2 Å². The molecule has 2 amide bonds. The molecule has 1 aromatic carbocycles. The average molecular weight is 371 g/mol. The maximum Gasteiger partial charge on any atom is 0.289 e. The van der Waals surface area contributed by atoms with Gasteiger partial charge in [0.15, 0.2) is 5.76 Å². The predicted molar refractivity (Wildman–Crippen MR) is 101 cm³/mol. The highest BCUT2D eigenvalue weighted by Crippen LogP contribution is 2.31. The van der Waals surface area contributed by atoms with E-state index in [1.165, 1.54) is 4.90 Å². The summed E-state index contributed by atoms with van der Waals surface area (Å²) in [6, 6.07) is 7.68. The number of aryl methyl sites for hydroxylation is 2. The van der Waals surface area contributed by atoms with E-state index in [9.17, 15) is 14.7 Å². The zero-order chi connectivity index (χ0) is 19.0. The van der Waals surface area contributed by atoms with Gasteiger partial charge >= 0.3 is 0 Å². The van der Waals surface area contributed by atoms with Gasteiger partial charge in [0.2, 0.25) is 0 Å². The number of carbonyl (C=O) groups excluding carboxylic acids is 2. The number of hydrogen-bond donors (Lipinski definition) is 2. The molecule has 1 atom stereocenters. The van der Waals surface area contributed by atoms with Gasteiger partial charge in [-0.1, -0.05) is 18.2 Å². The van der Waals surface area contributed by atoms with E-state index in [0.29, 0.717) is 0 Å². The van der Waals surface area contributed by atoms with Gasteiger partial charge in [-0.05, 0) is 38.0 Å². The minimum absolute atomic E-state index is 0.106. The molecule has 0 saturated heterocycles. The Bertz CT molecular complexity index is 917. The van der Waals surface area contributed by atoms with E-state index in [4.69, 9.17) is 0 Å². The van der Waals surface area contributed by atoms with Crippen LogP contribution in [-0.4, -0.2) is 40.4 Å². The van der Waals surface area contributed by atoms with Crippen LogP contribution in [0.25, 0.3) is 10.4 Å². The molecule has 2 aromatic rings. The third kappa shape index (κ3) is 3.35. The molecule has 0 spiro atoms. The molecule has 0 unspecified atom stereocenters. The summed E-state index contributed by atoms with van der Waals surface area (Å²) in [6.45, 7) is 5.95. The van der Waals surface area contributed by atoms with Crippen LogP contribution in [-0.2, 0) is 9.59 Å². The van der Waals surface area contributed by atoms with E-state index in [1.807, 2.05) is 45.0 Å². The van der Waals surface area contributed by atoms with Crippen LogP contribution in [0.4, 0.5) is 0 Å². The third-order valence-corrected chi connectivity index (χ3v) is 5.53. The fourth-order valence-corrected chi connectivity index (χ4v) is 3.90. The van der Waals surface area contributed by atoms with Gasteiger partial charge in [-0.2, -0.15) is 0 Å². The molecule has 3 rings (SSSR count). The topological polar surface area (TPSA) is 82.5 Å². The van der Waals surface area contributed by atoms with Crippen molar-refractivity contribution in [3.63, 3.8) is 0 Å². The van der Waals surface area contributed by atoms with Crippen molar-refractivity contribution < 1.29 is 14.7 Å². The molecule has 0 saturated carbocycles. The van der Waals surface area contributed by atoms with Crippen molar-refractivity contribution in [1.82, 2.24) is 15.2 Å². The number of rotatable bonds is 4. The summed E-state index contributed by atoms with van der Waals surface area (Å²) in [4.78, 5) is 31.0. The van der Waals surface area contributed by atoms with Crippen molar-refractivity contribution >= 4 is 23.2 Å². The number of aromatic nitrogens is 1. The maximum absolute atomic E-state index is 12.4. The quantitative estimate of drug-likeness (QED) is 0.866. The number of carbonyl (C=O) groups is 2. The molecule has 6 nitrogen and oxygen atoms in total. The molecule has 1 aliphatic heterocycles. The van der Waals surface area contributed by atoms with Crippen molar-refractivity contribution in [3.8, 4) is 10.4 Å². The largest absolute Gasteiger partial charge is 0.503 e. The minimum Gasteiger partial charge on any atom is -0.503 e. The van der Waals surface area contributed by atoms with E-state index in [1.54, 1.807) is 18.4 Å². The Morgan fingerprint density at radius 1 is 1.38 bits per heavy atom. The standard InChI is InChI=1S/C19H21N3O3S/c1-10(21-18(24)15-9-22(4)19(25)16(15)23)13-6-5-7-14(8-13)17-11(2)20-12(3)26-17/h5-8,10,23H,9H2,1-4H3,(H,21,24)/t10-/m1/s1. The first-order chi connectivity index (χ1) is 12.3. The number of amides is 2. The fourth-order valence-electron chi connectivity index (χ4n) is 2.99. The number of nitrogens with zero attached hydrogens (tertiary/aromatic N) is 2. The Labute approximate surface area is 156 Å². The molecule has 136 valence electrons. The predicted octanol–water partition coefficient (Wildman–Crippen LogP) is 2.89. The van der Waals surface area contributed by atoms with Crippen LogP contribution in [0, 0.1) is 13.8 Å². The zero-order valence-electron chi connectivity index (χ0n) is 15.2. The third-order valence-electron chi connectivity index (χ3n) is 4.40. The Hall–Kier alpha value is -2.67. The molecule has 7 heteroatoms. The van der Waals surface area contributed by atoms with Gasteiger partial charge in [0, 0.05) is 7.05 Å². The SMILES string of the molecule is Cc1nc(C)c(-c2cccc([C@@H](C)NC(=O)C3=C(O)C(=O)N(C)C3)c2)s1. The van der Waals surface area contributed by atoms with Gasteiger partial charge in [0.1, 0.15) is 0 Å². The first kappa shape index (κ1) is 18.1. The summed E-state index contributed by atoms with van der Waals surface area (Å²) in [6.07, 6.45) is 0. The highest BCUT2D eigenvalue weighted by atomic mass is 32.1. The lowest BCUT2D eigenvalue weighted by atomic mass is 10.0. The highest BCUT2D eigenvalue weighted by Gasteiger charge is 2.32. The van der Waals surface area contributed by atoms with Crippen LogP contribution in [0.5, 0.6) is 0 Å². The zero-order valence-corrected chi connectivity index (χ0v) is 16.0. The Morgan fingerprint density at radius 2 is 2.12 bits per heavy atom. The summed E-state index contributed by atoms with van der Waals surface area (Å²) in [5.41, 5.74) is 3.10. The number of aliphatic hydroxyl groups excluding tert-OH is 1. The monoisotopic (exact) mass is 371 g/mol. The lowest BCUT2D eigenvalue weighted by Gasteiger charge is -2.16. The van der Waals surface area contributed by atoms with Crippen molar-refractivity contribution in [2.24, 2.45) is 0 Å². The van der Waals surface area contributed by atoms with Crippen LogP contribution in [0.2, 0.25) is 0 Å². The van der Waals surface area contributed by atoms with Gasteiger partial charge in [0.05, 0.1) is 33.7 Å². The van der Waals surface area contributed by atoms with Crippen molar-refractivity contribution in [2.45, 2.75) is 26.8 Å². The van der Waals surface area contributed by atoms with E-state index < -0.39 is 17.6 Å². The Balaban J connectivity index is 1.80. The van der Waals surface area contributed by atoms with Crippen LogP contribution >= 0.6 is 11.3 Å². The van der Waals surface area contributed by atoms with Gasteiger partial charge in [-0.25, -0.2) is 4.98 Å². The molecule has 2 N–H and O–H groups in total. The van der Waals surface area contributed by atoms with Gasteiger partial charge in [-0.3, -0.25) is 9.59 Å². The molecule has 0 fully saturated rings. The number of benzene rings is 1. The normalized spacial score (nSPS) is 15.5. The number of nitrogens with one attached hydrogen (secondary N) is 1. The van der Waals surface area contributed by atoms with Gasteiger partial charge < -0.3 is 15.3 Å². The lowest BCUT2D eigenvalue weighted by Crippen LogP contribution is -2.30. The number of thiazole rings is 1. The molecular formula is C19H21N3O3S. The second-order valence-electron chi connectivity index (χ2n) is 6.46.